The van der Waals surface area contributed by atoms with E-state index in [-0.39, 0.29) is 17.6 Å². The summed E-state index contributed by atoms with van der Waals surface area (Å²) in [5.41, 5.74) is 1.50. The van der Waals surface area contributed by atoms with Gasteiger partial charge in [0.05, 0.1) is 12.1 Å². The smallest absolute Gasteiger partial charge is 0.168 e. The summed E-state index contributed by atoms with van der Waals surface area (Å²) in [6.45, 7) is 3.92. The third-order valence-electron chi connectivity index (χ3n) is 3.32. The third-order valence-corrected chi connectivity index (χ3v) is 4.17. The van der Waals surface area contributed by atoms with Gasteiger partial charge in [-0.3, -0.25) is 4.79 Å². The molecule has 2 atom stereocenters. The monoisotopic (exact) mass is 258 g/mol. The molecule has 0 heterocycles. The van der Waals surface area contributed by atoms with Gasteiger partial charge in [-0.2, -0.15) is 0 Å². The minimum Gasteiger partial charge on any atom is -0.495 e. The first-order valence-corrected chi connectivity index (χ1v) is 5.84. The topological polar surface area (TPSA) is 26.3 Å². The lowest BCUT2D eigenvalue weighted by atomic mass is 9.96. The molecular weight excluding hydrogens is 247 g/mol. The number of Topliss-reactive ketones (excluding diaryl/α,β-unsaturated/α-hetero) is 1. The predicted octanol–water partition coefficient (Wildman–Crippen LogP) is 3.94. The minimum absolute atomic E-state index is 0.0457. The lowest BCUT2D eigenvalue weighted by molar-refractivity contribution is 0.0937. The first kappa shape index (κ1) is 11.7. The molecule has 4 heteroatoms. The maximum absolute atomic E-state index is 12.0. The Kier molecular flexibility index (Phi) is 2.89. The van der Waals surface area contributed by atoms with Crippen molar-refractivity contribution in [3.8, 4) is 5.75 Å². The van der Waals surface area contributed by atoms with Crippen molar-refractivity contribution >= 4 is 29.0 Å². The highest BCUT2D eigenvalue weighted by molar-refractivity contribution is 6.45. The summed E-state index contributed by atoms with van der Waals surface area (Å²) in [6.07, 6.45) is 0. The maximum Gasteiger partial charge on any atom is 0.168 e. The van der Waals surface area contributed by atoms with E-state index in [0.29, 0.717) is 21.4 Å². The third kappa shape index (κ3) is 1.44. The van der Waals surface area contributed by atoms with Crippen molar-refractivity contribution in [2.75, 3.05) is 7.11 Å². The zero-order valence-corrected chi connectivity index (χ0v) is 10.8. The zero-order chi connectivity index (χ0) is 12.0. The van der Waals surface area contributed by atoms with E-state index in [1.807, 2.05) is 19.9 Å². The number of halogens is 2. The number of ether oxygens (including phenoxy) is 1. The van der Waals surface area contributed by atoms with E-state index >= 15 is 0 Å². The van der Waals surface area contributed by atoms with Gasteiger partial charge < -0.3 is 4.74 Å². The number of methoxy groups -OCH3 is 1. The van der Waals surface area contributed by atoms with Crippen molar-refractivity contribution < 1.29 is 9.53 Å². The Morgan fingerprint density at radius 1 is 1.19 bits per heavy atom. The van der Waals surface area contributed by atoms with Gasteiger partial charge in [0, 0.05) is 11.5 Å². The van der Waals surface area contributed by atoms with Gasteiger partial charge in [0.1, 0.15) is 10.8 Å². The van der Waals surface area contributed by atoms with Crippen LogP contribution in [0.25, 0.3) is 0 Å². The van der Waals surface area contributed by atoms with E-state index in [9.17, 15) is 4.79 Å². The summed E-state index contributed by atoms with van der Waals surface area (Å²) in [5, 5.41) is 0.634. The predicted molar refractivity (Wildman–Crippen MR) is 64.9 cm³/mol. The van der Waals surface area contributed by atoms with Crippen molar-refractivity contribution in [1.82, 2.24) is 0 Å². The van der Waals surface area contributed by atoms with Crippen molar-refractivity contribution in [1.29, 1.82) is 0 Å². The molecule has 1 aromatic carbocycles. The molecule has 0 saturated carbocycles. The van der Waals surface area contributed by atoms with Crippen LogP contribution in [0, 0.1) is 5.92 Å². The highest BCUT2D eigenvalue weighted by atomic mass is 35.5. The van der Waals surface area contributed by atoms with Gasteiger partial charge in [0.2, 0.25) is 0 Å². The Balaban J connectivity index is 2.72. The van der Waals surface area contributed by atoms with Crippen molar-refractivity contribution in [3.63, 3.8) is 0 Å². The molecule has 2 rings (SSSR count). The van der Waals surface area contributed by atoms with Crippen LogP contribution in [0.1, 0.15) is 35.7 Å². The number of rotatable bonds is 1. The highest BCUT2D eigenvalue weighted by Crippen LogP contribution is 2.46. The molecule has 0 aromatic heterocycles. The van der Waals surface area contributed by atoms with Gasteiger partial charge in [-0.05, 0) is 17.5 Å². The Hall–Kier alpha value is -0.730. The SMILES string of the molecule is COc1cc2c(c(Cl)c1Cl)C(=O)C(C)C2C. The molecule has 0 saturated heterocycles. The lowest BCUT2D eigenvalue weighted by Crippen LogP contribution is -2.06. The van der Waals surface area contributed by atoms with Crippen LogP contribution in [0.3, 0.4) is 0 Å². The van der Waals surface area contributed by atoms with Gasteiger partial charge in [-0.25, -0.2) is 0 Å². The van der Waals surface area contributed by atoms with Crippen LogP contribution < -0.4 is 4.74 Å². The molecule has 0 fully saturated rings. The minimum atomic E-state index is -0.0457. The molecule has 1 aromatic rings. The van der Waals surface area contributed by atoms with Gasteiger partial charge in [-0.15, -0.1) is 0 Å². The fourth-order valence-electron chi connectivity index (χ4n) is 2.10. The maximum atomic E-state index is 12.0. The van der Waals surface area contributed by atoms with Crippen LogP contribution in [0.2, 0.25) is 10.0 Å². The van der Waals surface area contributed by atoms with E-state index < -0.39 is 0 Å². The quantitative estimate of drug-likeness (QED) is 0.763. The Morgan fingerprint density at radius 2 is 1.81 bits per heavy atom. The number of benzene rings is 1. The first-order valence-electron chi connectivity index (χ1n) is 5.09. The molecule has 2 unspecified atom stereocenters. The number of fused-ring (bicyclic) bond motifs is 1. The molecule has 0 amide bonds. The summed E-state index contributed by atoms with van der Waals surface area (Å²) in [5.74, 6) is 0.707. The van der Waals surface area contributed by atoms with Gasteiger partial charge in [-0.1, -0.05) is 37.0 Å². The van der Waals surface area contributed by atoms with E-state index in [1.54, 1.807) is 0 Å². The highest BCUT2D eigenvalue weighted by Gasteiger charge is 2.37. The summed E-state index contributed by atoms with van der Waals surface area (Å²) in [4.78, 5) is 12.0. The molecule has 0 spiro atoms. The van der Waals surface area contributed by atoms with Gasteiger partial charge >= 0.3 is 0 Å². The number of hydrogen-bond donors (Lipinski definition) is 0. The molecule has 0 N–H and O–H groups in total. The molecule has 86 valence electrons. The summed E-state index contributed by atoms with van der Waals surface area (Å²) >= 11 is 12.1. The largest absolute Gasteiger partial charge is 0.495 e. The van der Waals surface area contributed by atoms with Crippen LogP contribution in [0.5, 0.6) is 5.75 Å². The number of carbonyl (C=O) groups excluding carboxylic acids is 1. The van der Waals surface area contributed by atoms with Crippen molar-refractivity contribution in [2.24, 2.45) is 5.92 Å². The molecule has 2 nitrogen and oxygen atoms in total. The molecule has 0 radical (unpaired) electrons. The zero-order valence-electron chi connectivity index (χ0n) is 9.30. The van der Waals surface area contributed by atoms with Crippen LogP contribution in [0.15, 0.2) is 6.07 Å². The van der Waals surface area contributed by atoms with E-state index in [0.717, 1.165) is 5.56 Å². The van der Waals surface area contributed by atoms with Crippen LogP contribution in [-0.2, 0) is 0 Å². The average molecular weight is 259 g/mol. The Labute approximate surface area is 104 Å². The normalized spacial score (nSPS) is 23.4. The average Bonchev–Trinajstić information content (AvgIpc) is 2.48. The Bertz CT molecular complexity index is 469. The first-order chi connectivity index (χ1) is 7.49. The molecule has 1 aliphatic rings. The number of hydrogen-bond acceptors (Lipinski definition) is 2. The van der Waals surface area contributed by atoms with Crippen LogP contribution >= 0.6 is 23.2 Å². The van der Waals surface area contributed by atoms with Crippen LogP contribution in [0.4, 0.5) is 0 Å². The van der Waals surface area contributed by atoms with Gasteiger partial charge in [0.25, 0.3) is 0 Å². The number of carbonyl (C=O) groups is 1. The standard InChI is InChI=1S/C12H12Cl2O2/c1-5-6(2)12(15)9-7(5)4-8(16-3)10(13)11(9)14/h4-6H,1-3H3. The molecule has 0 aliphatic heterocycles. The fourth-order valence-corrected chi connectivity index (χ4v) is 2.63. The molecule has 16 heavy (non-hydrogen) atoms. The molecular formula is C12H12Cl2O2. The molecule has 0 bridgehead atoms. The number of ketones is 1. The second-order valence-electron chi connectivity index (χ2n) is 4.11. The summed E-state index contributed by atoms with van der Waals surface area (Å²) in [7, 11) is 1.54. The fraction of sp³-hybridized carbons (Fsp3) is 0.417. The van der Waals surface area contributed by atoms with Crippen molar-refractivity contribution in [2.45, 2.75) is 19.8 Å². The van der Waals surface area contributed by atoms with E-state index in [2.05, 4.69) is 0 Å². The molecule has 1 aliphatic carbocycles. The lowest BCUT2D eigenvalue weighted by Gasteiger charge is -2.11. The van der Waals surface area contributed by atoms with Crippen LogP contribution in [-0.4, -0.2) is 12.9 Å². The van der Waals surface area contributed by atoms with Crippen molar-refractivity contribution in [3.05, 3.63) is 27.2 Å². The van der Waals surface area contributed by atoms with E-state index in [1.165, 1.54) is 7.11 Å². The second kappa shape index (κ2) is 3.94. The second-order valence-corrected chi connectivity index (χ2v) is 4.87. The van der Waals surface area contributed by atoms with E-state index in [4.69, 9.17) is 27.9 Å². The summed E-state index contributed by atoms with van der Waals surface area (Å²) in [6, 6.07) is 1.82. The summed E-state index contributed by atoms with van der Waals surface area (Å²) < 4.78 is 5.14. The van der Waals surface area contributed by atoms with Gasteiger partial charge in [0.15, 0.2) is 5.78 Å². The Morgan fingerprint density at radius 3 is 2.38 bits per heavy atom.